The summed E-state index contributed by atoms with van der Waals surface area (Å²) in [6.07, 6.45) is 3.33. The molecule has 0 aliphatic rings. The monoisotopic (exact) mass is 185 g/mol. The van der Waals surface area contributed by atoms with Crippen LogP contribution in [0.5, 0.6) is 0 Å². The van der Waals surface area contributed by atoms with Gasteiger partial charge in [-0.3, -0.25) is 0 Å². The van der Waals surface area contributed by atoms with E-state index in [-0.39, 0.29) is 0 Å². The molecule has 1 N–H and O–H groups in total. The van der Waals surface area contributed by atoms with E-state index < -0.39 is 0 Å². The lowest BCUT2D eigenvalue weighted by Gasteiger charge is -2.14. The second-order valence-electron chi connectivity index (χ2n) is 3.39. The van der Waals surface area contributed by atoms with E-state index in [0.29, 0.717) is 6.04 Å². The van der Waals surface area contributed by atoms with Crippen molar-refractivity contribution in [2.45, 2.75) is 40.2 Å². The Labute approximate surface area is 82.4 Å². The third-order valence-electron chi connectivity index (χ3n) is 1.78. The predicted molar refractivity (Wildman–Crippen MR) is 58.0 cm³/mol. The molecule has 0 aromatic heterocycles. The van der Waals surface area contributed by atoms with Crippen LogP contribution in [-0.2, 0) is 4.74 Å². The summed E-state index contributed by atoms with van der Waals surface area (Å²) < 4.78 is 5.32. The molecule has 0 fully saturated rings. The van der Waals surface area contributed by atoms with E-state index in [9.17, 15) is 0 Å². The summed E-state index contributed by atoms with van der Waals surface area (Å²) >= 11 is 0. The van der Waals surface area contributed by atoms with Crippen LogP contribution in [0.3, 0.4) is 0 Å². The van der Waals surface area contributed by atoms with Gasteiger partial charge in [0.1, 0.15) is 0 Å². The first-order chi connectivity index (χ1) is 6.20. The maximum atomic E-state index is 5.32. The molecule has 13 heavy (non-hydrogen) atoms. The Morgan fingerprint density at radius 2 is 2.08 bits per heavy atom. The molecule has 1 atom stereocenters. The topological polar surface area (TPSA) is 21.3 Å². The van der Waals surface area contributed by atoms with Crippen LogP contribution >= 0.6 is 0 Å². The minimum Gasteiger partial charge on any atom is -0.382 e. The second kappa shape index (κ2) is 8.27. The second-order valence-corrected chi connectivity index (χ2v) is 3.39. The van der Waals surface area contributed by atoms with Gasteiger partial charge >= 0.3 is 0 Å². The molecule has 0 bridgehead atoms. The van der Waals surface area contributed by atoms with Crippen molar-refractivity contribution in [1.82, 2.24) is 5.32 Å². The minimum absolute atomic E-state index is 0.474. The maximum absolute atomic E-state index is 5.32. The van der Waals surface area contributed by atoms with Gasteiger partial charge in [0, 0.05) is 19.3 Å². The van der Waals surface area contributed by atoms with Crippen molar-refractivity contribution in [2.24, 2.45) is 0 Å². The summed E-state index contributed by atoms with van der Waals surface area (Å²) in [5.41, 5.74) is 1.36. The number of hydrogen-bond acceptors (Lipinski definition) is 2. The van der Waals surface area contributed by atoms with Gasteiger partial charge in [-0.2, -0.15) is 0 Å². The molecule has 0 saturated heterocycles. The third-order valence-corrected chi connectivity index (χ3v) is 1.78. The standard InChI is InChI=1S/C11H23NO/c1-5-12-11(9-10(3)4)7-8-13-6-2/h9,11-12H,5-8H2,1-4H3. The van der Waals surface area contributed by atoms with Crippen molar-refractivity contribution in [3.8, 4) is 0 Å². The molecule has 0 saturated carbocycles. The van der Waals surface area contributed by atoms with Crippen LogP contribution < -0.4 is 5.32 Å². The first-order valence-electron chi connectivity index (χ1n) is 5.16. The fourth-order valence-electron chi connectivity index (χ4n) is 1.26. The molecule has 1 unspecified atom stereocenters. The zero-order valence-corrected chi connectivity index (χ0v) is 9.39. The van der Waals surface area contributed by atoms with E-state index in [1.165, 1.54) is 5.57 Å². The highest BCUT2D eigenvalue weighted by Crippen LogP contribution is 1.99. The molecule has 0 spiro atoms. The van der Waals surface area contributed by atoms with Gasteiger partial charge in [0.05, 0.1) is 0 Å². The largest absolute Gasteiger partial charge is 0.382 e. The molecule has 0 radical (unpaired) electrons. The average molecular weight is 185 g/mol. The van der Waals surface area contributed by atoms with Gasteiger partial charge in [-0.25, -0.2) is 0 Å². The quantitative estimate of drug-likeness (QED) is 0.485. The molecule has 2 nitrogen and oxygen atoms in total. The molecule has 2 heteroatoms. The lowest BCUT2D eigenvalue weighted by atomic mass is 10.1. The van der Waals surface area contributed by atoms with Gasteiger partial charge in [0.2, 0.25) is 0 Å². The first-order valence-corrected chi connectivity index (χ1v) is 5.16. The Bertz CT molecular complexity index is 139. The van der Waals surface area contributed by atoms with E-state index >= 15 is 0 Å². The molecule has 0 aromatic carbocycles. The molecule has 0 amide bonds. The van der Waals surface area contributed by atoms with Gasteiger partial charge in [-0.15, -0.1) is 0 Å². The lowest BCUT2D eigenvalue weighted by molar-refractivity contribution is 0.140. The molecular formula is C11H23NO. The van der Waals surface area contributed by atoms with Crippen molar-refractivity contribution in [3.63, 3.8) is 0 Å². The molecule has 0 heterocycles. The highest BCUT2D eigenvalue weighted by molar-refractivity contribution is 5.00. The third kappa shape index (κ3) is 8.00. The molecule has 0 aliphatic carbocycles. The minimum atomic E-state index is 0.474. The Kier molecular flexibility index (Phi) is 8.05. The molecule has 0 aliphatic heterocycles. The van der Waals surface area contributed by atoms with Crippen LogP contribution in [0.2, 0.25) is 0 Å². The summed E-state index contributed by atoms with van der Waals surface area (Å²) in [5, 5.41) is 3.42. The fraction of sp³-hybridized carbons (Fsp3) is 0.818. The van der Waals surface area contributed by atoms with Gasteiger partial charge in [0.25, 0.3) is 0 Å². The Balaban J connectivity index is 3.73. The maximum Gasteiger partial charge on any atom is 0.0483 e. The van der Waals surface area contributed by atoms with Crippen molar-refractivity contribution < 1.29 is 4.74 Å². The first kappa shape index (κ1) is 12.7. The number of hydrogen-bond donors (Lipinski definition) is 1. The normalized spacial score (nSPS) is 12.6. The van der Waals surface area contributed by atoms with Crippen LogP contribution in [0.4, 0.5) is 0 Å². The van der Waals surface area contributed by atoms with Crippen LogP contribution in [0, 0.1) is 0 Å². The number of allylic oxidation sites excluding steroid dienone is 1. The lowest BCUT2D eigenvalue weighted by Crippen LogP contribution is -2.28. The van der Waals surface area contributed by atoms with Crippen LogP contribution in [0.15, 0.2) is 11.6 Å². The summed E-state index contributed by atoms with van der Waals surface area (Å²) in [6, 6.07) is 0.474. The summed E-state index contributed by atoms with van der Waals surface area (Å²) in [6.45, 7) is 11.1. The molecular weight excluding hydrogens is 162 g/mol. The number of ether oxygens (including phenoxy) is 1. The number of nitrogens with one attached hydrogen (secondary N) is 1. The summed E-state index contributed by atoms with van der Waals surface area (Å²) in [7, 11) is 0. The zero-order chi connectivity index (χ0) is 10.1. The smallest absolute Gasteiger partial charge is 0.0483 e. The Morgan fingerprint density at radius 3 is 2.54 bits per heavy atom. The average Bonchev–Trinajstić information content (AvgIpc) is 2.04. The predicted octanol–water partition coefficient (Wildman–Crippen LogP) is 2.36. The van der Waals surface area contributed by atoms with E-state index in [1.54, 1.807) is 0 Å². The fourth-order valence-corrected chi connectivity index (χ4v) is 1.26. The van der Waals surface area contributed by atoms with E-state index in [4.69, 9.17) is 4.74 Å². The van der Waals surface area contributed by atoms with Gasteiger partial charge in [-0.1, -0.05) is 18.6 Å². The zero-order valence-electron chi connectivity index (χ0n) is 9.39. The molecule has 0 aromatic rings. The van der Waals surface area contributed by atoms with Crippen LogP contribution in [0.25, 0.3) is 0 Å². The van der Waals surface area contributed by atoms with Crippen LogP contribution in [-0.4, -0.2) is 25.8 Å². The number of rotatable bonds is 7. The molecule has 78 valence electrons. The summed E-state index contributed by atoms with van der Waals surface area (Å²) in [5.74, 6) is 0. The molecule has 0 rings (SSSR count). The van der Waals surface area contributed by atoms with Crippen molar-refractivity contribution >= 4 is 0 Å². The highest BCUT2D eigenvalue weighted by Gasteiger charge is 2.02. The van der Waals surface area contributed by atoms with Gasteiger partial charge in [-0.05, 0) is 33.7 Å². The van der Waals surface area contributed by atoms with E-state index in [2.05, 4.69) is 32.2 Å². The van der Waals surface area contributed by atoms with Crippen molar-refractivity contribution in [3.05, 3.63) is 11.6 Å². The van der Waals surface area contributed by atoms with Gasteiger partial charge < -0.3 is 10.1 Å². The van der Waals surface area contributed by atoms with Crippen LogP contribution in [0.1, 0.15) is 34.1 Å². The Hall–Kier alpha value is -0.340. The van der Waals surface area contributed by atoms with Crippen molar-refractivity contribution in [2.75, 3.05) is 19.8 Å². The Morgan fingerprint density at radius 1 is 1.38 bits per heavy atom. The summed E-state index contributed by atoms with van der Waals surface area (Å²) in [4.78, 5) is 0. The SMILES string of the molecule is CCNC(C=C(C)C)CCOCC. The van der Waals surface area contributed by atoms with E-state index in [0.717, 1.165) is 26.2 Å². The van der Waals surface area contributed by atoms with Crippen molar-refractivity contribution in [1.29, 1.82) is 0 Å². The number of likely N-dealkylation sites (N-methyl/N-ethyl adjacent to an activating group) is 1. The van der Waals surface area contributed by atoms with E-state index in [1.807, 2.05) is 6.92 Å². The highest BCUT2D eigenvalue weighted by atomic mass is 16.5. The van der Waals surface area contributed by atoms with Gasteiger partial charge in [0.15, 0.2) is 0 Å².